The Labute approximate surface area is 107 Å². The van der Waals surface area contributed by atoms with Gasteiger partial charge in [0.05, 0.1) is 12.2 Å². The van der Waals surface area contributed by atoms with Crippen LogP contribution in [0.1, 0.15) is 40.5 Å². The van der Waals surface area contributed by atoms with Crippen LogP contribution in [0.2, 0.25) is 0 Å². The standard InChI is InChI=1S/C12H22O6/c1-5-6-7-15-10(13)8-16-11(14)9-17-18-12(2,3)4/h5-9H2,1-4H3. The molecular formula is C12H22O6. The first-order valence-corrected chi connectivity index (χ1v) is 5.97. The first-order valence-electron chi connectivity index (χ1n) is 5.97. The van der Waals surface area contributed by atoms with Gasteiger partial charge in [-0.25, -0.2) is 19.4 Å². The van der Waals surface area contributed by atoms with Gasteiger partial charge >= 0.3 is 11.9 Å². The molecule has 0 saturated heterocycles. The third kappa shape index (κ3) is 11.3. The van der Waals surface area contributed by atoms with E-state index in [1.165, 1.54) is 0 Å². The normalized spacial score (nSPS) is 11.1. The molecule has 0 aromatic heterocycles. The van der Waals surface area contributed by atoms with Crippen LogP contribution in [-0.4, -0.2) is 37.4 Å². The van der Waals surface area contributed by atoms with E-state index in [1.807, 2.05) is 6.92 Å². The molecule has 0 aliphatic rings. The number of hydrogen-bond acceptors (Lipinski definition) is 6. The largest absolute Gasteiger partial charge is 0.463 e. The Hall–Kier alpha value is -1.14. The van der Waals surface area contributed by atoms with E-state index >= 15 is 0 Å². The lowest BCUT2D eigenvalue weighted by Gasteiger charge is -2.16. The van der Waals surface area contributed by atoms with E-state index in [1.54, 1.807) is 20.8 Å². The highest BCUT2D eigenvalue weighted by atomic mass is 17.2. The maximum atomic E-state index is 11.1. The number of carbonyl (C=O) groups excluding carboxylic acids is 2. The van der Waals surface area contributed by atoms with Gasteiger partial charge in [-0.05, 0) is 27.2 Å². The zero-order valence-electron chi connectivity index (χ0n) is 11.5. The molecule has 0 heterocycles. The lowest BCUT2D eigenvalue weighted by atomic mass is 10.2. The van der Waals surface area contributed by atoms with Crippen molar-refractivity contribution in [3.05, 3.63) is 0 Å². The SMILES string of the molecule is CCCCOC(=O)COC(=O)COOC(C)(C)C. The summed E-state index contributed by atoms with van der Waals surface area (Å²) in [7, 11) is 0. The number of ether oxygens (including phenoxy) is 2. The summed E-state index contributed by atoms with van der Waals surface area (Å²) in [5.41, 5.74) is -0.501. The highest BCUT2D eigenvalue weighted by Gasteiger charge is 2.14. The van der Waals surface area contributed by atoms with Crippen LogP contribution in [0.3, 0.4) is 0 Å². The topological polar surface area (TPSA) is 71.1 Å². The first kappa shape index (κ1) is 16.9. The van der Waals surface area contributed by atoms with Crippen molar-refractivity contribution in [1.82, 2.24) is 0 Å². The van der Waals surface area contributed by atoms with Gasteiger partial charge < -0.3 is 9.47 Å². The summed E-state index contributed by atoms with van der Waals surface area (Å²) < 4.78 is 9.43. The number of unbranched alkanes of at least 4 members (excludes halogenated alkanes) is 1. The third-order valence-corrected chi connectivity index (χ3v) is 1.60. The number of hydrogen-bond donors (Lipinski definition) is 0. The van der Waals surface area contributed by atoms with E-state index < -0.39 is 24.1 Å². The van der Waals surface area contributed by atoms with Gasteiger partial charge in [0.1, 0.15) is 0 Å². The molecule has 0 aromatic carbocycles. The van der Waals surface area contributed by atoms with E-state index in [0.717, 1.165) is 12.8 Å². The van der Waals surface area contributed by atoms with Crippen LogP contribution >= 0.6 is 0 Å². The molecule has 6 heteroatoms. The van der Waals surface area contributed by atoms with Gasteiger partial charge in [-0.15, -0.1) is 0 Å². The van der Waals surface area contributed by atoms with Crippen LogP contribution in [-0.2, 0) is 28.8 Å². The van der Waals surface area contributed by atoms with E-state index in [9.17, 15) is 9.59 Å². The maximum absolute atomic E-state index is 11.1. The zero-order chi connectivity index (χ0) is 14.0. The summed E-state index contributed by atoms with van der Waals surface area (Å²) in [5.74, 6) is -1.24. The number of carbonyl (C=O) groups is 2. The Balaban J connectivity index is 3.55. The summed E-state index contributed by atoms with van der Waals surface area (Å²) in [4.78, 5) is 31.7. The van der Waals surface area contributed by atoms with Gasteiger partial charge in [0.2, 0.25) is 0 Å². The van der Waals surface area contributed by atoms with Crippen LogP contribution in [0.25, 0.3) is 0 Å². The maximum Gasteiger partial charge on any atom is 0.344 e. The van der Waals surface area contributed by atoms with Crippen molar-refractivity contribution in [3.8, 4) is 0 Å². The Morgan fingerprint density at radius 2 is 1.61 bits per heavy atom. The molecular weight excluding hydrogens is 240 g/mol. The van der Waals surface area contributed by atoms with Gasteiger partial charge in [-0.2, -0.15) is 0 Å². The Bertz CT molecular complexity index is 256. The molecule has 6 nitrogen and oxygen atoms in total. The van der Waals surface area contributed by atoms with E-state index in [-0.39, 0.29) is 6.61 Å². The van der Waals surface area contributed by atoms with Crippen molar-refractivity contribution >= 4 is 11.9 Å². The van der Waals surface area contributed by atoms with Crippen molar-refractivity contribution in [2.75, 3.05) is 19.8 Å². The quantitative estimate of drug-likeness (QED) is 0.286. The zero-order valence-corrected chi connectivity index (χ0v) is 11.5. The molecule has 0 radical (unpaired) electrons. The minimum Gasteiger partial charge on any atom is -0.463 e. The van der Waals surface area contributed by atoms with Crippen LogP contribution in [0.15, 0.2) is 0 Å². The first-order chi connectivity index (χ1) is 8.35. The molecule has 0 aromatic rings. The molecule has 0 amide bonds. The second kappa shape index (κ2) is 8.88. The van der Waals surface area contributed by atoms with Gasteiger partial charge in [-0.1, -0.05) is 13.3 Å². The molecule has 0 saturated carbocycles. The van der Waals surface area contributed by atoms with Gasteiger partial charge in [0, 0.05) is 0 Å². The van der Waals surface area contributed by atoms with Crippen molar-refractivity contribution < 1.29 is 28.8 Å². The van der Waals surface area contributed by atoms with Crippen LogP contribution in [0, 0.1) is 0 Å². The molecule has 106 valence electrons. The van der Waals surface area contributed by atoms with Crippen molar-refractivity contribution in [2.24, 2.45) is 0 Å². The molecule has 0 bridgehead atoms. The Kier molecular flexibility index (Phi) is 8.32. The van der Waals surface area contributed by atoms with E-state index in [0.29, 0.717) is 6.61 Å². The lowest BCUT2D eigenvalue weighted by Crippen LogP contribution is -2.24. The smallest absolute Gasteiger partial charge is 0.344 e. The van der Waals surface area contributed by atoms with Crippen LogP contribution in [0.4, 0.5) is 0 Å². The predicted molar refractivity (Wildman–Crippen MR) is 63.6 cm³/mol. The highest BCUT2D eigenvalue weighted by Crippen LogP contribution is 2.06. The summed E-state index contributed by atoms with van der Waals surface area (Å²) in [5, 5.41) is 0. The molecule has 0 aliphatic heterocycles. The van der Waals surface area contributed by atoms with Crippen LogP contribution in [0.5, 0.6) is 0 Å². The second-order valence-electron chi connectivity index (χ2n) is 4.69. The van der Waals surface area contributed by atoms with E-state index in [2.05, 4.69) is 9.62 Å². The summed E-state index contributed by atoms with van der Waals surface area (Å²) in [6.07, 6.45) is 1.73. The lowest BCUT2D eigenvalue weighted by molar-refractivity contribution is -0.345. The molecule has 0 N–H and O–H groups in total. The summed E-state index contributed by atoms with van der Waals surface area (Å²) in [6, 6.07) is 0. The second-order valence-corrected chi connectivity index (χ2v) is 4.69. The Morgan fingerprint density at radius 3 is 2.17 bits per heavy atom. The van der Waals surface area contributed by atoms with Crippen molar-refractivity contribution in [1.29, 1.82) is 0 Å². The minimum atomic E-state index is -0.674. The molecule has 0 fully saturated rings. The molecule has 0 atom stereocenters. The fourth-order valence-corrected chi connectivity index (χ4v) is 0.807. The average Bonchev–Trinajstić information content (AvgIpc) is 2.25. The number of esters is 2. The molecule has 0 rings (SSSR count). The molecule has 0 spiro atoms. The molecule has 0 aliphatic carbocycles. The van der Waals surface area contributed by atoms with Gasteiger partial charge in [0.15, 0.2) is 13.2 Å². The van der Waals surface area contributed by atoms with Crippen LogP contribution < -0.4 is 0 Å². The molecule has 18 heavy (non-hydrogen) atoms. The highest BCUT2D eigenvalue weighted by molar-refractivity contribution is 5.76. The van der Waals surface area contributed by atoms with Crippen molar-refractivity contribution in [2.45, 2.75) is 46.1 Å². The summed E-state index contributed by atoms with van der Waals surface area (Å²) in [6.45, 7) is 6.91. The fourth-order valence-electron chi connectivity index (χ4n) is 0.807. The third-order valence-electron chi connectivity index (χ3n) is 1.60. The Morgan fingerprint density at radius 1 is 1.00 bits per heavy atom. The minimum absolute atomic E-state index is 0.344. The summed E-state index contributed by atoms with van der Waals surface area (Å²) >= 11 is 0. The molecule has 0 unspecified atom stereocenters. The predicted octanol–water partition coefficient (Wildman–Crippen LogP) is 1.62. The van der Waals surface area contributed by atoms with Gasteiger partial charge in [-0.3, -0.25) is 0 Å². The fraction of sp³-hybridized carbons (Fsp3) is 0.833. The van der Waals surface area contributed by atoms with Crippen molar-refractivity contribution in [3.63, 3.8) is 0 Å². The number of rotatable bonds is 8. The van der Waals surface area contributed by atoms with Gasteiger partial charge in [0.25, 0.3) is 0 Å². The average molecular weight is 262 g/mol. The monoisotopic (exact) mass is 262 g/mol. The van der Waals surface area contributed by atoms with E-state index in [4.69, 9.17) is 9.62 Å².